The van der Waals surface area contributed by atoms with Gasteiger partial charge in [-0.1, -0.05) is 17.8 Å². The summed E-state index contributed by atoms with van der Waals surface area (Å²) in [5, 5.41) is 10.5. The van der Waals surface area contributed by atoms with E-state index in [2.05, 4.69) is 19.1 Å². The quantitative estimate of drug-likeness (QED) is 0.838. The van der Waals surface area contributed by atoms with Crippen molar-refractivity contribution in [2.24, 2.45) is 0 Å². The molecular formula is C22H25NO3S. The number of fused-ring (bicyclic) bond motifs is 1. The highest BCUT2D eigenvalue weighted by Gasteiger charge is 2.23. The molecule has 2 aromatic carbocycles. The number of anilines is 1. The zero-order chi connectivity index (χ0) is 19.0. The molecule has 0 aromatic heterocycles. The van der Waals surface area contributed by atoms with Crippen molar-refractivity contribution in [1.82, 2.24) is 0 Å². The molecule has 0 bridgehead atoms. The molecule has 27 heavy (non-hydrogen) atoms. The van der Waals surface area contributed by atoms with Gasteiger partial charge in [0.25, 0.3) is 0 Å². The van der Waals surface area contributed by atoms with Crippen LogP contribution >= 0.6 is 11.8 Å². The van der Waals surface area contributed by atoms with Crippen LogP contribution in [0.15, 0.2) is 40.1 Å². The molecule has 2 heterocycles. The average Bonchev–Trinajstić information content (AvgIpc) is 2.69. The zero-order valence-corrected chi connectivity index (χ0v) is 16.6. The molecule has 142 valence electrons. The van der Waals surface area contributed by atoms with Crippen molar-refractivity contribution in [2.45, 2.75) is 48.3 Å². The van der Waals surface area contributed by atoms with Gasteiger partial charge in [-0.05, 0) is 73.1 Å². The molecule has 0 atom stereocenters. The highest BCUT2D eigenvalue weighted by Crippen LogP contribution is 2.42. The van der Waals surface area contributed by atoms with Gasteiger partial charge in [0.15, 0.2) is 0 Å². The Balaban J connectivity index is 1.64. The van der Waals surface area contributed by atoms with Crippen LogP contribution in [0.3, 0.4) is 0 Å². The van der Waals surface area contributed by atoms with Gasteiger partial charge in [0.2, 0.25) is 5.91 Å². The van der Waals surface area contributed by atoms with Crippen LogP contribution in [0.4, 0.5) is 5.69 Å². The Bertz CT molecular complexity index is 874. The van der Waals surface area contributed by atoms with Gasteiger partial charge in [0.1, 0.15) is 5.75 Å². The van der Waals surface area contributed by atoms with Crippen molar-refractivity contribution in [3.8, 4) is 5.75 Å². The molecule has 0 saturated carbocycles. The van der Waals surface area contributed by atoms with Crippen LogP contribution in [-0.4, -0.2) is 31.3 Å². The summed E-state index contributed by atoms with van der Waals surface area (Å²) in [6, 6.07) is 10.1. The van der Waals surface area contributed by atoms with Gasteiger partial charge in [-0.3, -0.25) is 4.79 Å². The molecule has 5 heteroatoms. The van der Waals surface area contributed by atoms with Crippen molar-refractivity contribution >= 4 is 23.4 Å². The lowest BCUT2D eigenvalue weighted by molar-refractivity contribution is -0.118. The highest BCUT2D eigenvalue weighted by molar-refractivity contribution is 7.99. The number of hydrogen-bond acceptors (Lipinski definition) is 4. The Hall–Kier alpha value is -1.98. The second-order valence-corrected chi connectivity index (χ2v) is 8.44. The second-order valence-electron chi connectivity index (χ2n) is 7.36. The molecule has 4 rings (SSSR count). The maximum atomic E-state index is 11.9. The minimum Gasteiger partial charge on any atom is -0.507 e. The predicted octanol–water partition coefficient (Wildman–Crippen LogP) is 4.65. The van der Waals surface area contributed by atoms with E-state index >= 15 is 0 Å². The number of rotatable bonds is 3. The van der Waals surface area contributed by atoms with Crippen molar-refractivity contribution in [3.05, 3.63) is 47.0 Å². The third-order valence-electron chi connectivity index (χ3n) is 5.70. The number of ether oxygens (including phenoxy) is 1. The smallest absolute Gasteiger partial charge is 0.227 e. The Morgan fingerprint density at radius 3 is 2.70 bits per heavy atom. The normalized spacial score (nSPS) is 17.9. The van der Waals surface area contributed by atoms with E-state index in [0.29, 0.717) is 18.1 Å². The van der Waals surface area contributed by atoms with E-state index in [1.54, 1.807) is 16.7 Å². The number of hydrogen-bond donors (Lipinski definition) is 1. The molecule has 2 aliphatic heterocycles. The van der Waals surface area contributed by atoms with Gasteiger partial charge in [-0.15, -0.1) is 0 Å². The summed E-state index contributed by atoms with van der Waals surface area (Å²) in [6.07, 6.45) is 3.41. The Morgan fingerprint density at radius 1 is 1.15 bits per heavy atom. The first-order chi connectivity index (χ1) is 13.0. The van der Waals surface area contributed by atoms with Crippen molar-refractivity contribution < 1.29 is 14.6 Å². The molecule has 2 aliphatic rings. The van der Waals surface area contributed by atoms with Crippen LogP contribution in [0.1, 0.15) is 41.9 Å². The fourth-order valence-corrected chi connectivity index (χ4v) is 5.10. The van der Waals surface area contributed by atoms with Crippen LogP contribution in [-0.2, 0) is 16.0 Å². The highest BCUT2D eigenvalue weighted by atomic mass is 32.2. The summed E-state index contributed by atoms with van der Waals surface area (Å²) >= 11 is 1.61. The molecule has 1 saturated heterocycles. The Kier molecular flexibility index (Phi) is 5.15. The van der Waals surface area contributed by atoms with E-state index in [9.17, 15) is 9.90 Å². The minimum atomic E-state index is 0.167. The van der Waals surface area contributed by atoms with Gasteiger partial charge in [0, 0.05) is 37.3 Å². The third kappa shape index (κ3) is 3.58. The van der Waals surface area contributed by atoms with Gasteiger partial charge in [-0.25, -0.2) is 0 Å². The number of phenols is 1. The van der Waals surface area contributed by atoms with Crippen LogP contribution < -0.4 is 4.90 Å². The topological polar surface area (TPSA) is 49.8 Å². The van der Waals surface area contributed by atoms with Crippen LogP contribution in [0.25, 0.3) is 0 Å². The Labute approximate surface area is 164 Å². The minimum absolute atomic E-state index is 0.167. The molecule has 0 radical (unpaired) electrons. The molecular weight excluding hydrogens is 358 g/mol. The maximum Gasteiger partial charge on any atom is 0.227 e. The maximum absolute atomic E-state index is 11.9. The lowest BCUT2D eigenvalue weighted by Crippen LogP contribution is -2.30. The van der Waals surface area contributed by atoms with Crippen molar-refractivity contribution in [3.63, 3.8) is 0 Å². The first kappa shape index (κ1) is 18.4. The first-order valence-electron chi connectivity index (χ1n) is 9.52. The third-order valence-corrected chi connectivity index (χ3v) is 6.91. The standard InChI is InChI=1S/C22H25NO3S/c1-14-18(15-9-11-26-12-10-15)5-7-20(24)22(14)27-17-4-6-19-16(13-17)3-8-21(25)23(19)2/h4-7,13,15,24H,3,8-12H2,1-2H3. The molecule has 1 amide bonds. The van der Waals surface area contributed by atoms with E-state index in [1.807, 2.05) is 25.2 Å². The van der Waals surface area contributed by atoms with Crippen molar-refractivity contribution in [1.29, 1.82) is 0 Å². The largest absolute Gasteiger partial charge is 0.507 e. The summed E-state index contributed by atoms with van der Waals surface area (Å²) in [5.41, 5.74) is 4.67. The van der Waals surface area contributed by atoms with Gasteiger partial charge in [-0.2, -0.15) is 0 Å². The number of amides is 1. The monoisotopic (exact) mass is 383 g/mol. The summed E-state index contributed by atoms with van der Waals surface area (Å²) < 4.78 is 5.50. The number of carbonyl (C=O) groups is 1. The number of aryl methyl sites for hydroxylation is 1. The molecule has 0 aliphatic carbocycles. The second kappa shape index (κ2) is 7.56. The lowest BCUT2D eigenvalue weighted by Gasteiger charge is -2.26. The molecule has 1 N–H and O–H groups in total. The van der Waals surface area contributed by atoms with Crippen molar-refractivity contribution in [2.75, 3.05) is 25.2 Å². The molecule has 0 spiro atoms. The number of aromatic hydroxyl groups is 1. The van der Waals surface area contributed by atoms with E-state index in [-0.39, 0.29) is 5.91 Å². The van der Waals surface area contributed by atoms with E-state index in [4.69, 9.17) is 4.74 Å². The number of benzene rings is 2. The summed E-state index contributed by atoms with van der Waals surface area (Å²) in [7, 11) is 1.83. The van der Waals surface area contributed by atoms with E-state index in [1.165, 1.54) is 11.1 Å². The van der Waals surface area contributed by atoms with Crippen LogP contribution in [0.5, 0.6) is 5.75 Å². The lowest BCUT2D eigenvalue weighted by atomic mass is 9.88. The van der Waals surface area contributed by atoms with E-state index in [0.717, 1.165) is 53.5 Å². The fourth-order valence-electron chi connectivity index (χ4n) is 4.09. The number of carbonyl (C=O) groups excluding carboxylic acids is 1. The van der Waals surface area contributed by atoms with Crippen LogP contribution in [0.2, 0.25) is 0 Å². The molecule has 4 nitrogen and oxygen atoms in total. The Morgan fingerprint density at radius 2 is 1.93 bits per heavy atom. The van der Waals surface area contributed by atoms with Gasteiger partial charge in [0.05, 0.1) is 4.90 Å². The number of nitrogens with zero attached hydrogens (tertiary/aromatic N) is 1. The molecule has 0 unspecified atom stereocenters. The summed E-state index contributed by atoms with van der Waals surface area (Å²) in [4.78, 5) is 15.7. The van der Waals surface area contributed by atoms with Gasteiger partial charge >= 0.3 is 0 Å². The van der Waals surface area contributed by atoms with Gasteiger partial charge < -0.3 is 14.7 Å². The summed E-state index contributed by atoms with van der Waals surface area (Å²) in [5.74, 6) is 1.00. The zero-order valence-electron chi connectivity index (χ0n) is 15.8. The fraction of sp³-hybridized carbons (Fsp3) is 0.409. The number of phenolic OH excluding ortho intramolecular Hbond substituents is 1. The van der Waals surface area contributed by atoms with Crippen LogP contribution in [0, 0.1) is 6.92 Å². The summed E-state index contributed by atoms with van der Waals surface area (Å²) in [6.45, 7) is 3.73. The predicted molar refractivity (Wildman–Crippen MR) is 108 cm³/mol. The average molecular weight is 384 g/mol. The SMILES string of the molecule is Cc1c(C2CCOCC2)ccc(O)c1Sc1ccc2c(c1)CCC(=O)N2C. The first-order valence-corrected chi connectivity index (χ1v) is 10.3. The molecule has 2 aromatic rings. The van der Waals surface area contributed by atoms with E-state index < -0.39 is 0 Å². The molecule has 1 fully saturated rings.